The van der Waals surface area contributed by atoms with Crippen LogP contribution in [0.15, 0.2) is 53.4 Å². The van der Waals surface area contributed by atoms with Gasteiger partial charge in [-0.2, -0.15) is 17.5 Å². The summed E-state index contributed by atoms with van der Waals surface area (Å²) in [5.41, 5.74) is -0.0276. The highest BCUT2D eigenvalue weighted by molar-refractivity contribution is 7.89. The molecule has 0 saturated carbocycles. The van der Waals surface area contributed by atoms with Crippen molar-refractivity contribution in [3.63, 3.8) is 0 Å². The van der Waals surface area contributed by atoms with Crippen molar-refractivity contribution < 1.29 is 26.4 Å². The zero-order valence-corrected chi connectivity index (χ0v) is 17.1. The zero-order valence-electron chi connectivity index (χ0n) is 16.3. The van der Waals surface area contributed by atoms with E-state index in [9.17, 15) is 26.4 Å². The van der Waals surface area contributed by atoms with Gasteiger partial charge in [0.2, 0.25) is 10.0 Å². The monoisotopic (exact) mass is 440 g/mol. The Labute approximate surface area is 173 Å². The number of nitrogens with zero attached hydrogens (tertiary/aromatic N) is 1. The summed E-state index contributed by atoms with van der Waals surface area (Å²) in [7, 11) is -3.77. The second-order valence-electron chi connectivity index (χ2n) is 7.16. The van der Waals surface area contributed by atoms with Crippen molar-refractivity contribution in [3.8, 4) is 0 Å². The molecule has 0 unspecified atom stereocenters. The SMILES string of the molecule is O=C(NCCc1ccc(C(F)(F)F)cc1)c1ccccc1S(=O)(=O)N1CCCCC1. The third-order valence-corrected chi connectivity index (χ3v) is 7.00. The van der Waals surface area contributed by atoms with E-state index in [-0.39, 0.29) is 17.0 Å². The van der Waals surface area contributed by atoms with Crippen LogP contribution in [-0.4, -0.2) is 38.3 Å². The number of halogens is 3. The Morgan fingerprint density at radius 2 is 1.60 bits per heavy atom. The largest absolute Gasteiger partial charge is 0.416 e. The minimum absolute atomic E-state index is 0.0288. The molecule has 1 fully saturated rings. The highest BCUT2D eigenvalue weighted by Gasteiger charge is 2.30. The second kappa shape index (κ2) is 9.18. The molecule has 1 heterocycles. The maximum absolute atomic E-state index is 13.0. The first-order chi connectivity index (χ1) is 14.2. The average Bonchev–Trinajstić information content (AvgIpc) is 2.74. The van der Waals surface area contributed by atoms with Crippen LogP contribution >= 0.6 is 0 Å². The lowest BCUT2D eigenvalue weighted by atomic mass is 10.1. The summed E-state index contributed by atoms with van der Waals surface area (Å²) in [4.78, 5) is 12.6. The summed E-state index contributed by atoms with van der Waals surface area (Å²) in [5, 5.41) is 2.66. The van der Waals surface area contributed by atoms with E-state index in [1.165, 1.54) is 28.6 Å². The Balaban J connectivity index is 1.66. The molecular weight excluding hydrogens is 417 g/mol. The van der Waals surface area contributed by atoms with Crippen LogP contribution in [0.4, 0.5) is 13.2 Å². The summed E-state index contributed by atoms with van der Waals surface area (Å²) in [6.45, 7) is 1.04. The number of amides is 1. The van der Waals surface area contributed by atoms with Crippen LogP contribution in [-0.2, 0) is 22.6 Å². The number of hydrogen-bond donors (Lipinski definition) is 1. The predicted octanol–water partition coefficient (Wildman–Crippen LogP) is 3.85. The van der Waals surface area contributed by atoms with Crippen molar-refractivity contribution in [3.05, 3.63) is 65.2 Å². The number of carbonyl (C=O) groups excluding carboxylic acids is 1. The standard InChI is InChI=1S/C21H23F3N2O3S/c22-21(23,24)17-10-8-16(9-11-17)12-13-25-20(27)18-6-2-3-7-19(18)30(28,29)26-14-4-1-5-15-26/h2-3,6-11H,1,4-5,12-15H2,(H,25,27). The van der Waals surface area contributed by atoms with Crippen molar-refractivity contribution in [1.29, 1.82) is 0 Å². The summed E-state index contributed by atoms with van der Waals surface area (Å²) in [6.07, 6.45) is -1.50. The first-order valence-corrected chi connectivity index (χ1v) is 11.2. The van der Waals surface area contributed by atoms with E-state index < -0.39 is 27.7 Å². The van der Waals surface area contributed by atoms with Gasteiger partial charge in [0.1, 0.15) is 0 Å². The highest BCUT2D eigenvalue weighted by atomic mass is 32.2. The number of hydrogen-bond acceptors (Lipinski definition) is 3. The lowest BCUT2D eigenvalue weighted by Crippen LogP contribution is -2.37. The molecular formula is C21H23F3N2O3S. The number of alkyl halides is 3. The second-order valence-corrected chi connectivity index (χ2v) is 9.07. The fourth-order valence-corrected chi connectivity index (χ4v) is 5.11. The quantitative estimate of drug-likeness (QED) is 0.742. The van der Waals surface area contributed by atoms with Gasteiger partial charge < -0.3 is 5.32 Å². The lowest BCUT2D eigenvalue weighted by Gasteiger charge is -2.26. The molecule has 0 atom stereocenters. The molecule has 0 aromatic heterocycles. The van der Waals surface area contributed by atoms with Crippen LogP contribution in [0.5, 0.6) is 0 Å². The number of nitrogens with one attached hydrogen (secondary N) is 1. The van der Waals surface area contributed by atoms with Crippen LogP contribution in [0.1, 0.15) is 40.7 Å². The van der Waals surface area contributed by atoms with Gasteiger partial charge in [0.15, 0.2) is 0 Å². The van der Waals surface area contributed by atoms with Crippen LogP contribution in [0.25, 0.3) is 0 Å². The van der Waals surface area contributed by atoms with E-state index in [0.717, 1.165) is 31.4 Å². The molecule has 162 valence electrons. The van der Waals surface area contributed by atoms with Crippen molar-refractivity contribution in [2.75, 3.05) is 19.6 Å². The Kier molecular flexibility index (Phi) is 6.82. The summed E-state index contributed by atoms with van der Waals surface area (Å²) in [5.74, 6) is -0.530. The molecule has 1 N–H and O–H groups in total. The lowest BCUT2D eigenvalue weighted by molar-refractivity contribution is -0.137. The van der Waals surface area contributed by atoms with E-state index >= 15 is 0 Å². The van der Waals surface area contributed by atoms with E-state index in [4.69, 9.17) is 0 Å². The van der Waals surface area contributed by atoms with Crippen LogP contribution in [0.3, 0.4) is 0 Å². The molecule has 3 rings (SSSR count). The molecule has 1 aliphatic heterocycles. The van der Waals surface area contributed by atoms with Gasteiger partial charge in [-0.05, 0) is 49.1 Å². The zero-order chi connectivity index (χ0) is 21.8. The van der Waals surface area contributed by atoms with Gasteiger partial charge in [0.25, 0.3) is 5.91 Å². The molecule has 0 radical (unpaired) electrons. The molecule has 1 saturated heterocycles. The average molecular weight is 440 g/mol. The summed E-state index contributed by atoms with van der Waals surface area (Å²) < 4.78 is 65.2. The Bertz CT molecular complexity index is 983. The van der Waals surface area contributed by atoms with Crippen LogP contribution < -0.4 is 5.32 Å². The van der Waals surface area contributed by atoms with E-state index in [1.54, 1.807) is 12.1 Å². The number of benzene rings is 2. The van der Waals surface area contributed by atoms with Crippen molar-refractivity contribution >= 4 is 15.9 Å². The molecule has 5 nitrogen and oxygen atoms in total. The highest BCUT2D eigenvalue weighted by Crippen LogP contribution is 2.29. The van der Waals surface area contributed by atoms with Gasteiger partial charge in [-0.3, -0.25) is 4.79 Å². The van der Waals surface area contributed by atoms with Crippen molar-refractivity contribution in [2.24, 2.45) is 0 Å². The number of carbonyl (C=O) groups is 1. The molecule has 0 bridgehead atoms. The molecule has 0 aliphatic carbocycles. The number of sulfonamides is 1. The van der Waals surface area contributed by atoms with Gasteiger partial charge in [-0.15, -0.1) is 0 Å². The predicted molar refractivity (Wildman–Crippen MR) is 107 cm³/mol. The Morgan fingerprint density at radius 3 is 2.23 bits per heavy atom. The minimum Gasteiger partial charge on any atom is -0.352 e. The van der Waals surface area contributed by atoms with Gasteiger partial charge in [-0.1, -0.05) is 30.7 Å². The van der Waals surface area contributed by atoms with Gasteiger partial charge in [-0.25, -0.2) is 8.42 Å². The van der Waals surface area contributed by atoms with Crippen molar-refractivity contribution in [2.45, 2.75) is 36.8 Å². The third-order valence-electron chi connectivity index (χ3n) is 5.05. The van der Waals surface area contributed by atoms with Gasteiger partial charge in [0.05, 0.1) is 16.0 Å². The first-order valence-electron chi connectivity index (χ1n) is 9.73. The maximum Gasteiger partial charge on any atom is 0.416 e. The minimum atomic E-state index is -4.39. The van der Waals surface area contributed by atoms with Crippen molar-refractivity contribution in [1.82, 2.24) is 9.62 Å². The smallest absolute Gasteiger partial charge is 0.352 e. The van der Waals surface area contributed by atoms with E-state index in [0.29, 0.717) is 25.1 Å². The third kappa shape index (κ3) is 5.20. The molecule has 2 aromatic rings. The summed E-state index contributed by atoms with van der Waals surface area (Å²) >= 11 is 0. The normalized spacial score (nSPS) is 15.7. The Morgan fingerprint density at radius 1 is 0.967 bits per heavy atom. The molecule has 30 heavy (non-hydrogen) atoms. The fraction of sp³-hybridized carbons (Fsp3) is 0.381. The van der Waals surface area contributed by atoms with E-state index in [1.807, 2.05) is 0 Å². The first kappa shape index (κ1) is 22.3. The van der Waals surface area contributed by atoms with E-state index in [2.05, 4.69) is 5.32 Å². The molecule has 9 heteroatoms. The Hall–Kier alpha value is -2.39. The summed E-state index contributed by atoms with van der Waals surface area (Å²) in [6, 6.07) is 10.8. The van der Waals surface area contributed by atoms with Gasteiger partial charge >= 0.3 is 6.18 Å². The number of rotatable bonds is 6. The topological polar surface area (TPSA) is 66.5 Å². The van der Waals surface area contributed by atoms with Crippen LogP contribution in [0.2, 0.25) is 0 Å². The molecule has 0 spiro atoms. The van der Waals surface area contributed by atoms with Crippen LogP contribution in [0, 0.1) is 0 Å². The molecule has 1 aliphatic rings. The molecule has 2 aromatic carbocycles. The maximum atomic E-state index is 13.0. The number of piperidine rings is 1. The fourth-order valence-electron chi connectivity index (χ4n) is 3.40. The van der Waals surface area contributed by atoms with Gasteiger partial charge in [0, 0.05) is 19.6 Å². The molecule has 1 amide bonds.